The molecule has 0 fully saturated rings. The maximum Gasteiger partial charge on any atom is 0.186 e. The highest BCUT2D eigenvalue weighted by molar-refractivity contribution is 8.13. The highest BCUT2D eigenvalue weighted by Gasteiger charge is 2.10. The first kappa shape index (κ1) is 11.3. The second kappa shape index (κ2) is 5.23. The first-order chi connectivity index (χ1) is 6.63. The second-order valence-electron chi connectivity index (χ2n) is 2.82. The first-order valence-electron chi connectivity index (χ1n) is 4.18. The number of hydrogen-bond acceptors (Lipinski definition) is 2. The Balaban J connectivity index is 2.84. The summed E-state index contributed by atoms with van der Waals surface area (Å²) in [6, 6.07) is 7.44. The Morgan fingerprint density at radius 1 is 1.50 bits per heavy atom. The molecule has 0 saturated heterocycles. The van der Waals surface area contributed by atoms with Crippen molar-refractivity contribution in [3.05, 3.63) is 47.5 Å². The van der Waals surface area contributed by atoms with Crippen LogP contribution in [-0.4, -0.2) is 5.12 Å². The third-order valence-electron chi connectivity index (χ3n) is 1.71. The number of halogens is 1. The van der Waals surface area contributed by atoms with E-state index in [1.54, 1.807) is 13.0 Å². The lowest BCUT2D eigenvalue weighted by Crippen LogP contribution is -1.93. The van der Waals surface area contributed by atoms with Gasteiger partial charge in [-0.05, 0) is 17.7 Å². The summed E-state index contributed by atoms with van der Waals surface area (Å²) in [7, 11) is 0. The molecule has 1 aromatic carbocycles. The van der Waals surface area contributed by atoms with E-state index in [9.17, 15) is 4.79 Å². The predicted molar refractivity (Wildman–Crippen MR) is 62.7 cm³/mol. The van der Waals surface area contributed by atoms with Gasteiger partial charge in [-0.1, -0.05) is 41.6 Å². The van der Waals surface area contributed by atoms with Crippen LogP contribution in [0.4, 0.5) is 0 Å². The van der Waals surface area contributed by atoms with Crippen molar-refractivity contribution >= 4 is 28.5 Å². The summed E-state index contributed by atoms with van der Waals surface area (Å²) in [5, 5.41) is 0.805. The summed E-state index contributed by atoms with van der Waals surface area (Å²) < 4.78 is 0. The average molecular weight is 227 g/mol. The summed E-state index contributed by atoms with van der Waals surface area (Å²) in [6.07, 6.45) is 1.76. The third kappa shape index (κ3) is 3.20. The molecule has 0 saturated carbocycles. The maximum absolute atomic E-state index is 10.9. The smallest absolute Gasteiger partial charge is 0.186 e. The van der Waals surface area contributed by atoms with Gasteiger partial charge in [0.25, 0.3) is 0 Å². The maximum atomic E-state index is 10.9. The molecule has 0 radical (unpaired) electrons. The molecule has 0 unspecified atom stereocenters. The van der Waals surface area contributed by atoms with Crippen LogP contribution in [0.15, 0.2) is 36.9 Å². The molecule has 0 spiro atoms. The highest BCUT2D eigenvalue weighted by atomic mass is 35.5. The fourth-order valence-corrected chi connectivity index (χ4v) is 1.96. The molecule has 0 aliphatic rings. The largest absolute Gasteiger partial charge is 0.288 e. The summed E-state index contributed by atoms with van der Waals surface area (Å²) in [5.74, 6) is 0. The van der Waals surface area contributed by atoms with Gasteiger partial charge in [0.1, 0.15) is 0 Å². The van der Waals surface area contributed by atoms with Crippen molar-refractivity contribution in [3.63, 3.8) is 0 Å². The molecule has 14 heavy (non-hydrogen) atoms. The van der Waals surface area contributed by atoms with Crippen LogP contribution in [0, 0.1) is 0 Å². The van der Waals surface area contributed by atoms with Crippen molar-refractivity contribution in [2.75, 3.05) is 0 Å². The lowest BCUT2D eigenvalue weighted by molar-refractivity contribution is -0.109. The van der Waals surface area contributed by atoms with E-state index in [1.807, 2.05) is 24.3 Å². The van der Waals surface area contributed by atoms with Crippen molar-refractivity contribution in [3.8, 4) is 0 Å². The van der Waals surface area contributed by atoms with Gasteiger partial charge in [0.15, 0.2) is 5.12 Å². The van der Waals surface area contributed by atoms with Crippen molar-refractivity contribution < 1.29 is 4.79 Å². The quantitative estimate of drug-likeness (QED) is 0.729. The molecule has 1 rings (SSSR count). The van der Waals surface area contributed by atoms with Gasteiger partial charge < -0.3 is 0 Å². The van der Waals surface area contributed by atoms with E-state index in [0.717, 1.165) is 5.56 Å². The van der Waals surface area contributed by atoms with Crippen LogP contribution in [-0.2, 0) is 4.79 Å². The van der Waals surface area contributed by atoms with Gasteiger partial charge in [-0.2, -0.15) is 0 Å². The van der Waals surface area contributed by atoms with Crippen LogP contribution in [0.25, 0.3) is 0 Å². The lowest BCUT2D eigenvalue weighted by atomic mass is 10.1. The minimum atomic E-state index is 0.0183. The van der Waals surface area contributed by atoms with Gasteiger partial charge in [0, 0.05) is 11.9 Å². The summed E-state index contributed by atoms with van der Waals surface area (Å²) in [4.78, 5) is 10.9. The Morgan fingerprint density at radius 3 is 2.50 bits per heavy atom. The van der Waals surface area contributed by atoms with Crippen LogP contribution in [0.2, 0.25) is 5.02 Å². The van der Waals surface area contributed by atoms with Crippen LogP contribution in [0.5, 0.6) is 0 Å². The minimum absolute atomic E-state index is 0.0183. The summed E-state index contributed by atoms with van der Waals surface area (Å²) in [6.45, 7) is 5.26. The molecule has 0 bridgehead atoms. The Morgan fingerprint density at radius 2 is 2.07 bits per heavy atom. The van der Waals surface area contributed by atoms with Crippen LogP contribution in [0.3, 0.4) is 0 Å². The Bertz CT molecular complexity index is 332. The molecule has 1 atom stereocenters. The Kier molecular flexibility index (Phi) is 4.23. The van der Waals surface area contributed by atoms with Crippen LogP contribution in [0.1, 0.15) is 17.7 Å². The van der Waals surface area contributed by atoms with Crippen molar-refractivity contribution in [2.24, 2.45) is 0 Å². The average Bonchev–Trinajstić information content (AvgIpc) is 2.15. The fourth-order valence-electron chi connectivity index (χ4n) is 1.08. The molecule has 0 heterocycles. The van der Waals surface area contributed by atoms with E-state index < -0.39 is 0 Å². The predicted octanol–water partition coefficient (Wildman–Crippen LogP) is 3.85. The Labute approximate surface area is 93.2 Å². The zero-order valence-electron chi connectivity index (χ0n) is 7.87. The lowest BCUT2D eigenvalue weighted by Gasteiger charge is -2.09. The van der Waals surface area contributed by atoms with Crippen molar-refractivity contribution in [2.45, 2.75) is 12.2 Å². The van der Waals surface area contributed by atoms with E-state index in [-0.39, 0.29) is 10.4 Å². The van der Waals surface area contributed by atoms with Gasteiger partial charge in [-0.15, -0.1) is 6.58 Å². The first-order valence-corrected chi connectivity index (χ1v) is 5.44. The number of carbonyl (C=O) groups is 1. The van der Waals surface area contributed by atoms with Gasteiger partial charge in [-0.25, -0.2) is 0 Å². The molecule has 0 aromatic heterocycles. The fraction of sp³-hybridized carbons (Fsp3) is 0.182. The molecular weight excluding hydrogens is 216 g/mol. The minimum Gasteiger partial charge on any atom is -0.288 e. The number of benzene rings is 1. The normalized spacial score (nSPS) is 12.1. The second-order valence-corrected chi connectivity index (χ2v) is 4.57. The number of thioether (sulfide) groups is 1. The monoisotopic (exact) mass is 226 g/mol. The van der Waals surface area contributed by atoms with Crippen LogP contribution >= 0.6 is 23.4 Å². The topological polar surface area (TPSA) is 17.1 Å². The molecule has 1 nitrogen and oxygen atoms in total. The van der Waals surface area contributed by atoms with Gasteiger partial charge in [0.2, 0.25) is 0 Å². The standard InChI is InChI=1S/C11H11ClOS/c1-3-11(14-8(2)13)9-4-6-10(12)7-5-9/h3-7,11H,1H2,2H3/t11-/m0/s1. The molecule has 0 N–H and O–H groups in total. The van der Waals surface area contributed by atoms with E-state index >= 15 is 0 Å². The van der Waals surface area contributed by atoms with E-state index in [1.165, 1.54) is 11.8 Å². The van der Waals surface area contributed by atoms with Crippen molar-refractivity contribution in [1.82, 2.24) is 0 Å². The van der Waals surface area contributed by atoms with E-state index in [2.05, 4.69) is 6.58 Å². The highest BCUT2D eigenvalue weighted by Crippen LogP contribution is 2.30. The molecular formula is C11H11ClOS. The number of hydrogen-bond donors (Lipinski definition) is 0. The molecule has 0 aliphatic heterocycles. The van der Waals surface area contributed by atoms with Gasteiger partial charge in [-0.3, -0.25) is 4.79 Å². The van der Waals surface area contributed by atoms with Crippen LogP contribution < -0.4 is 0 Å². The zero-order valence-corrected chi connectivity index (χ0v) is 9.44. The molecule has 74 valence electrons. The summed E-state index contributed by atoms with van der Waals surface area (Å²) >= 11 is 7.02. The SMILES string of the molecule is C=C[C@H](SC(C)=O)c1ccc(Cl)cc1. The third-order valence-corrected chi connectivity index (χ3v) is 3.01. The zero-order chi connectivity index (χ0) is 10.6. The van der Waals surface area contributed by atoms with Gasteiger partial charge >= 0.3 is 0 Å². The molecule has 0 aliphatic carbocycles. The van der Waals surface area contributed by atoms with E-state index in [4.69, 9.17) is 11.6 Å². The van der Waals surface area contributed by atoms with Crippen molar-refractivity contribution in [1.29, 1.82) is 0 Å². The Hall–Kier alpha value is -0.730. The molecule has 0 amide bonds. The molecule has 1 aromatic rings. The van der Waals surface area contributed by atoms with E-state index in [0.29, 0.717) is 5.02 Å². The molecule has 3 heteroatoms. The number of carbonyl (C=O) groups excluding carboxylic acids is 1. The number of rotatable bonds is 3. The van der Waals surface area contributed by atoms with Gasteiger partial charge in [0.05, 0.1) is 5.25 Å². The summed E-state index contributed by atoms with van der Waals surface area (Å²) in [5.41, 5.74) is 1.05.